The van der Waals surface area contributed by atoms with Crippen LogP contribution in [0.2, 0.25) is 0 Å². The molecule has 18 heavy (non-hydrogen) atoms. The lowest BCUT2D eigenvalue weighted by molar-refractivity contribution is 0.141. The number of ether oxygens (including phenoxy) is 1. The van der Waals surface area contributed by atoms with Crippen molar-refractivity contribution in [1.29, 1.82) is 0 Å². The Balaban J connectivity index is 2.67. The summed E-state index contributed by atoms with van der Waals surface area (Å²) in [6, 6.07) is 7.17. The van der Waals surface area contributed by atoms with Gasteiger partial charge in [-0.15, -0.1) is 0 Å². The monoisotopic (exact) mass is 249 g/mol. The van der Waals surface area contributed by atoms with Crippen LogP contribution in [0.1, 0.15) is 49.4 Å². The summed E-state index contributed by atoms with van der Waals surface area (Å²) in [6.45, 7) is 11.3. The van der Waals surface area contributed by atoms with Gasteiger partial charge in [-0.3, -0.25) is 0 Å². The Morgan fingerprint density at radius 3 is 2.67 bits per heavy atom. The minimum atomic E-state index is 0.454. The van der Waals surface area contributed by atoms with E-state index in [2.05, 4.69) is 44.3 Å². The van der Waals surface area contributed by atoms with Gasteiger partial charge in [-0.1, -0.05) is 30.7 Å². The maximum Gasteiger partial charge on any atom is 0.0466 e. The molecule has 1 atom stereocenters. The van der Waals surface area contributed by atoms with Crippen molar-refractivity contribution < 1.29 is 4.74 Å². The zero-order valence-electron chi connectivity index (χ0n) is 12.3. The fourth-order valence-electron chi connectivity index (χ4n) is 2.28. The van der Waals surface area contributed by atoms with Gasteiger partial charge in [0.2, 0.25) is 0 Å². The van der Waals surface area contributed by atoms with Crippen LogP contribution in [0.5, 0.6) is 0 Å². The molecule has 2 nitrogen and oxygen atoms in total. The van der Waals surface area contributed by atoms with Crippen LogP contribution in [0, 0.1) is 13.8 Å². The number of aryl methyl sites for hydroxylation is 2. The number of benzene rings is 1. The molecule has 0 saturated heterocycles. The fraction of sp³-hybridized carbons (Fsp3) is 0.625. The van der Waals surface area contributed by atoms with Crippen molar-refractivity contribution >= 4 is 0 Å². The van der Waals surface area contributed by atoms with E-state index in [1.165, 1.54) is 16.7 Å². The molecule has 0 saturated carbocycles. The topological polar surface area (TPSA) is 21.3 Å². The summed E-state index contributed by atoms with van der Waals surface area (Å²) in [5.41, 5.74) is 4.15. The highest BCUT2D eigenvalue weighted by Gasteiger charge is 2.12. The number of hydrogen-bond donors (Lipinski definition) is 1. The first kappa shape index (κ1) is 15.2. The van der Waals surface area contributed by atoms with Crippen molar-refractivity contribution in [3.8, 4) is 0 Å². The second-order valence-corrected chi connectivity index (χ2v) is 4.81. The Kier molecular flexibility index (Phi) is 6.99. The van der Waals surface area contributed by atoms with E-state index in [1.807, 2.05) is 6.92 Å². The first-order chi connectivity index (χ1) is 8.69. The third-order valence-corrected chi connectivity index (χ3v) is 3.25. The smallest absolute Gasteiger partial charge is 0.0466 e. The minimum absolute atomic E-state index is 0.454. The zero-order valence-corrected chi connectivity index (χ0v) is 12.3. The van der Waals surface area contributed by atoms with Crippen LogP contribution in [-0.2, 0) is 4.74 Å². The number of rotatable bonds is 8. The summed E-state index contributed by atoms with van der Waals surface area (Å²) in [5, 5.41) is 3.59. The van der Waals surface area contributed by atoms with Gasteiger partial charge in [0.15, 0.2) is 0 Å². The van der Waals surface area contributed by atoms with Crippen LogP contribution in [0.15, 0.2) is 18.2 Å². The highest BCUT2D eigenvalue weighted by atomic mass is 16.5. The van der Waals surface area contributed by atoms with Gasteiger partial charge in [-0.2, -0.15) is 0 Å². The molecule has 0 aromatic heterocycles. The Morgan fingerprint density at radius 1 is 1.22 bits per heavy atom. The average molecular weight is 249 g/mol. The first-order valence-electron chi connectivity index (χ1n) is 7.07. The molecular weight excluding hydrogens is 222 g/mol. The highest BCUT2D eigenvalue weighted by molar-refractivity contribution is 5.33. The predicted molar refractivity (Wildman–Crippen MR) is 78.1 cm³/mol. The molecule has 1 aromatic carbocycles. The Labute approximate surface area is 112 Å². The summed E-state index contributed by atoms with van der Waals surface area (Å²) in [7, 11) is 0. The van der Waals surface area contributed by atoms with Crippen molar-refractivity contribution in [3.05, 3.63) is 34.9 Å². The summed E-state index contributed by atoms with van der Waals surface area (Å²) >= 11 is 0. The Morgan fingerprint density at radius 2 is 2.00 bits per heavy atom. The van der Waals surface area contributed by atoms with E-state index < -0.39 is 0 Å². The van der Waals surface area contributed by atoms with E-state index >= 15 is 0 Å². The van der Waals surface area contributed by atoms with Gasteiger partial charge in [-0.25, -0.2) is 0 Å². The largest absolute Gasteiger partial charge is 0.382 e. The molecule has 1 aromatic rings. The molecule has 0 fully saturated rings. The second-order valence-electron chi connectivity index (χ2n) is 4.81. The fourth-order valence-corrected chi connectivity index (χ4v) is 2.28. The Bertz CT molecular complexity index is 349. The van der Waals surface area contributed by atoms with E-state index in [-0.39, 0.29) is 0 Å². The van der Waals surface area contributed by atoms with Crippen LogP contribution in [0.4, 0.5) is 0 Å². The third-order valence-electron chi connectivity index (χ3n) is 3.25. The molecule has 0 heterocycles. The van der Waals surface area contributed by atoms with E-state index in [9.17, 15) is 0 Å². The maximum absolute atomic E-state index is 5.42. The second kappa shape index (κ2) is 8.28. The SMILES string of the molecule is CCNC(CCCOCC)c1cc(C)ccc1C. The molecular formula is C16H27NO. The standard InChI is InChI=1S/C16H27NO/c1-5-17-16(8-7-11-18-6-2)15-12-13(3)9-10-14(15)4/h9-10,12,16-17H,5-8,11H2,1-4H3. The van der Waals surface area contributed by atoms with Crippen LogP contribution < -0.4 is 5.32 Å². The third kappa shape index (κ3) is 4.79. The average Bonchev–Trinajstić information content (AvgIpc) is 2.36. The lowest BCUT2D eigenvalue weighted by Crippen LogP contribution is -2.22. The maximum atomic E-state index is 5.42. The molecule has 102 valence electrons. The van der Waals surface area contributed by atoms with Crippen LogP contribution in [0.3, 0.4) is 0 Å². The molecule has 2 heteroatoms. The van der Waals surface area contributed by atoms with Crippen molar-refractivity contribution in [2.75, 3.05) is 19.8 Å². The van der Waals surface area contributed by atoms with Crippen molar-refractivity contribution in [3.63, 3.8) is 0 Å². The molecule has 0 spiro atoms. The van der Waals surface area contributed by atoms with Crippen LogP contribution >= 0.6 is 0 Å². The molecule has 0 aliphatic heterocycles. The van der Waals surface area contributed by atoms with Gasteiger partial charge in [0.25, 0.3) is 0 Å². The van der Waals surface area contributed by atoms with Crippen molar-refractivity contribution in [2.45, 2.75) is 46.6 Å². The van der Waals surface area contributed by atoms with E-state index in [4.69, 9.17) is 4.74 Å². The quantitative estimate of drug-likeness (QED) is 0.708. The number of hydrogen-bond acceptors (Lipinski definition) is 2. The molecule has 0 radical (unpaired) electrons. The molecule has 1 N–H and O–H groups in total. The predicted octanol–water partition coefficient (Wildman–Crippen LogP) is 3.77. The lowest BCUT2D eigenvalue weighted by Gasteiger charge is -2.21. The van der Waals surface area contributed by atoms with E-state index in [0.717, 1.165) is 32.6 Å². The van der Waals surface area contributed by atoms with Gasteiger partial charge in [0.05, 0.1) is 0 Å². The highest BCUT2D eigenvalue weighted by Crippen LogP contribution is 2.23. The van der Waals surface area contributed by atoms with Gasteiger partial charge >= 0.3 is 0 Å². The van der Waals surface area contributed by atoms with Gasteiger partial charge in [-0.05, 0) is 51.3 Å². The number of nitrogens with one attached hydrogen (secondary N) is 1. The first-order valence-corrected chi connectivity index (χ1v) is 7.07. The molecule has 0 aliphatic carbocycles. The normalized spacial score (nSPS) is 12.7. The van der Waals surface area contributed by atoms with Gasteiger partial charge < -0.3 is 10.1 Å². The molecule has 0 aliphatic rings. The molecule has 0 amide bonds. The minimum Gasteiger partial charge on any atom is -0.382 e. The van der Waals surface area contributed by atoms with Crippen molar-refractivity contribution in [1.82, 2.24) is 5.32 Å². The molecule has 0 bridgehead atoms. The van der Waals surface area contributed by atoms with Crippen LogP contribution in [0.25, 0.3) is 0 Å². The van der Waals surface area contributed by atoms with Gasteiger partial charge in [0, 0.05) is 19.3 Å². The summed E-state index contributed by atoms with van der Waals surface area (Å²) in [4.78, 5) is 0. The summed E-state index contributed by atoms with van der Waals surface area (Å²) in [6.07, 6.45) is 2.25. The molecule has 1 rings (SSSR count). The molecule has 1 unspecified atom stereocenters. The van der Waals surface area contributed by atoms with Gasteiger partial charge in [0.1, 0.15) is 0 Å². The van der Waals surface area contributed by atoms with Crippen LogP contribution in [-0.4, -0.2) is 19.8 Å². The van der Waals surface area contributed by atoms with E-state index in [1.54, 1.807) is 0 Å². The summed E-state index contributed by atoms with van der Waals surface area (Å²) < 4.78 is 5.42. The van der Waals surface area contributed by atoms with E-state index in [0.29, 0.717) is 6.04 Å². The lowest BCUT2D eigenvalue weighted by atomic mass is 9.96. The zero-order chi connectivity index (χ0) is 13.4. The summed E-state index contributed by atoms with van der Waals surface area (Å²) in [5.74, 6) is 0. The van der Waals surface area contributed by atoms with Crippen molar-refractivity contribution in [2.24, 2.45) is 0 Å². The Hall–Kier alpha value is -0.860.